The van der Waals surface area contributed by atoms with Crippen molar-refractivity contribution in [1.29, 1.82) is 0 Å². The molecule has 0 aliphatic carbocycles. The Morgan fingerprint density at radius 2 is 1.84 bits per heavy atom. The standard InChI is InChI=1S/C15H10ClN3/c16-10-5-6-11-13(8-10)18-19-15(11)14-7-9-3-1-2-4-12(9)17-14/h1-8,17H,(H,18,19). The van der Waals surface area contributed by atoms with E-state index in [1.807, 2.05) is 30.3 Å². The molecule has 0 amide bonds. The molecule has 0 saturated heterocycles. The summed E-state index contributed by atoms with van der Waals surface area (Å²) in [5, 5.41) is 10.4. The Hall–Kier alpha value is -2.26. The largest absolute Gasteiger partial charge is 0.353 e. The summed E-state index contributed by atoms with van der Waals surface area (Å²) in [5.74, 6) is 0. The van der Waals surface area contributed by atoms with E-state index in [1.165, 1.54) is 5.39 Å². The van der Waals surface area contributed by atoms with Gasteiger partial charge < -0.3 is 4.98 Å². The Kier molecular flexibility index (Phi) is 2.17. The highest BCUT2D eigenvalue weighted by molar-refractivity contribution is 6.31. The first kappa shape index (κ1) is 10.6. The van der Waals surface area contributed by atoms with Crippen LogP contribution >= 0.6 is 11.6 Å². The van der Waals surface area contributed by atoms with Gasteiger partial charge in [0, 0.05) is 21.3 Å². The molecule has 0 unspecified atom stereocenters. The van der Waals surface area contributed by atoms with Gasteiger partial charge in [0.1, 0.15) is 5.69 Å². The zero-order chi connectivity index (χ0) is 12.8. The summed E-state index contributed by atoms with van der Waals surface area (Å²) in [6, 6.07) is 16.1. The predicted molar refractivity (Wildman–Crippen MR) is 78.4 cm³/mol. The van der Waals surface area contributed by atoms with Crippen LogP contribution in [-0.4, -0.2) is 15.2 Å². The van der Waals surface area contributed by atoms with E-state index in [2.05, 4.69) is 33.4 Å². The van der Waals surface area contributed by atoms with Crippen LogP contribution in [0, 0.1) is 0 Å². The van der Waals surface area contributed by atoms with E-state index in [4.69, 9.17) is 11.6 Å². The van der Waals surface area contributed by atoms with Gasteiger partial charge in [-0.25, -0.2) is 0 Å². The molecule has 2 aromatic heterocycles. The van der Waals surface area contributed by atoms with Crippen LogP contribution in [-0.2, 0) is 0 Å². The van der Waals surface area contributed by atoms with Crippen LogP contribution in [0.2, 0.25) is 5.02 Å². The lowest BCUT2D eigenvalue weighted by Gasteiger charge is -1.94. The smallest absolute Gasteiger partial charge is 0.116 e. The SMILES string of the molecule is Clc1ccc2c(-c3cc4ccccc4[nH]3)n[nH]c2c1. The van der Waals surface area contributed by atoms with Crippen molar-refractivity contribution in [2.75, 3.05) is 0 Å². The van der Waals surface area contributed by atoms with Crippen molar-refractivity contribution in [3.8, 4) is 11.4 Å². The summed E-state index contributed by atoms with van der Waals surface area (Å²) in [7, 11) is 0. The normalized spacial score (nSPS) is 11.4. The fraction of sp³-hybridized carbons (Fsp3) is 0. The number of rotatable bonds is 1. The van der Waals surface area contributed by atoms with Gasteiger partial charge >= 0.3 is 0 Å². The number of nitrogens with one attached hydrogen (secondary N) is 2. The molecule has 0 saturated carbocycles. The molecule has 4 heteroatoms. The molecule has 0 fully saturated rings. The molecule has 3 nitrogen and oxygen atoms in total. The molecule has 19 heavy (non-hydrogen) atoms. The van der Waals surface area contributed by atoms with E-state index in [-0.39, 0.29) is 0 Å². The summed E-state index contributed by atoms with van der Waals surface area (Å²) in [4.78, 5) is 3.39. The number of nitrogens with zero attached hydrogens (tertiary/aromatic N) is 1. The lowest BCUT2D eigenvalue weighted by Crippen LogP contribution is -1.77. The lowest BCUT2D eigenvalue weighted by atomic mass is 10.1. The third-order valence-electron chi connectivity index (χ3n) is 3.31. The van der Waals surface area contributed by atoms with Gasteiger partial charge in [0.15, 0.2) is 0 Å². The van der Waals surface area contributed by atoms with Crippen molar-refractivity contribution in [2.45, 2.75) is 0 Å². The molecule has 2 N–H and O–H groups in total. The van der Waals surface area contributed by atoms with E-state index in [0.29, 0.717) is 5.02 Å². The van der Waals surface area contributed by atoms with E-state index in [0.717, 1.165) is 27.8 Å². The van der Waals surface area contributed by atoms with Gasteiger partial charge in [-0.3, -0.25) is 5.10 Å². The van der Waals surface area contributed by atoms with E-state index >= 15 is 0 Å². The number of H-pyrrole nitrogens is 2. The molecular weight excluding hydrogens is 258 g/mol. The van der Waals surface area contributed by atoms with Crippen LogP contribution < -0.4 is 0 Å². The molecule has 2 heterocycles. The second-order valence-electron chi connectivity index (χ2n) is 4.53. The van der Waals surface area contributed by atoms with Gasteiger partial charge in [0.25, 0.3) is 0 Å². The number of halogens is 1. The van der Waals surface area contributed by atoms with Crippen LogP contribution in [0.4, 0.5) is 0 Å². The molecule has 4 rings (SSSR count). The van der Waals surface area contributed by atoms with Crippen LogP contribution in [0.15, 0.2) is 48.5 Å². The van der Waals surface area contributed by atoms with Gasteiger partial charge in [-0.05, 0) is 30.3 Å². The van der Waals surface area contributed by atoms with Crippen molar-refractivity contribution >= 4 is 33.4 Å². The van der Waals surface area contributed by atoms with Crippen molar-refractivity contribution in [3.05, 3.63) is 53.6 Å². The highest BCUT2D eigenvalue weighted by Gasteiger charge is 2.10. The predicted octanol–water partition coefficient (Wildman–Crippen LogP) is 4.36. The molecule has 0 atom stereocenters. The fourth-order valence-electron chi connectivity index (χ4n) is 2.40. The van der Waals surface area contributed by atoms with Gasteiger partial charge in [0.05, 0.1) is 11.2 Å². The Morgan fingerprint density at radius 1 is 0.947 bits per heavy atom. The number of fused-ring (bicyclic) bond motifs is 2. The number of hydrogen-bond acceptors (Lipinski definition) is 1. The molecule has 4 aromatic rings. The second kappa shape index (κ2) is 3.87. The third-order valence-corrected chi connectivity index (χ3v) is 3.55. The Bertz CT molecular complexity index is 856. The quantitative estimate of drug-likeness (QED) is 0.529. The average Bonchev–Trinajstić information content (AvgIpc) is 3.00. The number of benzene rings is 2. The molecule has 0 bridgehead atoms. The topological polar surface area (TPSA) is 44.5 Å². The molecule has 2 aromatic carbocycles. The van der Waals surface area contributed by atoms with E-state index in [9.17, 15) is 0 Å². The Balaban J connectivity index is 1.98. The van der Waals surface area contributed by atoms with Crippen LogP contribution in [0.3, 0.4) is 0 Å². The average molecular weight is 268 g/mol. The van der Waals surface area contributed by atoms with Crippen molar-refractivity contribution in [3.63, 3.8) is 0 Å². The van der Waals surface area contributed by atoms with Crippen molar-refractivity contribution in [1.82, 2.24) is 15.2 Å². The molecule has 0 aliphatic heterocycles. The molecule has 92 valence electrons. The summed E-state index contributed by atoms with van der Waals surface area (Å²) in [6.07, 6.45) is 0. The van der Waals surface area contributed by atoms with Gasteiger partial charge in [-0.15, -0.1) is 0 Å². The highest BCUT2D eigenvalue weighted by Crippen LogP contribution is 2.29. The third kappa shape index (κ3) is 1.63. The molecule has 0 spiro atoms. The van der Waals surface area contributed by atoms with Crippen LogP contribution in [0.5, 0.6) is 0 Å². The number of hydrogen-bond donors (Lipinski definition) is 2. The number of aromatic nitrogens is 3. The first-order valence-electron chi connectivity index (χ1n) is 6.03. The van der Waals surface area contributed by atoms with Crippen LogP contribution in [0.25, 0.3) is 33.2 Å². The summed E-state index contributed by atoms with van der Waals surface area (Å²) in [5.41, 5.74) is 3.99. The van der Waals surface area contributed by atoms with Crippen molar-refractivity contribution < 1.29 is 0 Å². The second-order valence-corrected chi connectivity index (χ2v) is 4.97. The first-order valence-corrected chi connectivity index (χ1v) is 6.41. The maximum absolute atomic E-state index is 5.98. The van der Waals surface area contributed by atoms with E-state index < -0.39 is 0 Å². The first-order chi connectivity index (χ1) is 9.31. The molecule has 0 radical (unpaired) electrons. The maximum atomic E-state index is 5.98. The van der Waals surface area contributed by atoms with Gasteiger partial charge in [-0.1, -0.05) is 29.8 Å². The van der Waals surface area contributed by atoms with Crippen molar-refractivity contribution in [2.24, 2.45) is 0 Å². The fourth-order valence-corrected chi connectivity index (χ4v) is 2.57. The zero-order valence-electron chi connectivity index (χ0n) is 9.94. The van der Waals surface area contributed by atoms with Crippen LogP contribution in [0.1, 0.15) is 0 Å². The molecular formula is C15H10ClN3. The highest BCUT2D eigenvalue weighted by atomic mass is 35.5. The summed E-state index contributed by atoms with van der Waals surface area (Å²) >= 11 is 5.98. The zero-order valence-corrected chi connectivity index (χ0v) is 10.7. The van der Waals surface area contributed by atoms with Gasteiger partial charge in [-0.2, -0.15) is 5.10 Å². The van der Waals surface area contributed by atoms with Gasteiger partial charge in [0.2, 0.25) is 0 Å². The minimum Gasteiger partial charge on any atom is -0.353 e. The minimum absolute atomic E-state index is 0.708. The maximum Gasteiger partial charge on any atom is 0.116 e. The van der Waals surface area contributed by atoms with E-state index in [1.54, 1.807) is 0 Å². The molecule has 0 aliphatic rings. The number of aromatic amines is 2. The number of para-hydroxylation sites is 1. The summed E-state index contributed by atoms with van der Waals surface area (Å²) < 4.78 is 0. The minimum atomic E-state index is 0.708. The summed E-state index contributed by atoms with van der Waals surface area (Å²) in [6.45, 7) is 0. The lowest BCUT2D eigenvalue weighted by molar-refractivity contribution is 1.12. The monoisotopic (exact) mass is 267 g/mol. The Morgan fingerprint density at radius 3 is 2.74 bits per heavy atom. The Labute approximate surface area is 114 Å².